The van der Waals surface area contributed by atoms with Gasteiger partial charge in [0.05, 0.1) is 0 Å². The molecule has 1 aromatic carbocycles. The molecule has 27 heavy (non-hydrogen) atoms. The molecule has 0 aromatic heterocycles. The molecule has 5 nitrogen and oxygen atoms in total. The van der Waals surface area contributed by atoms with Crippen molar-refractivity contribution in [1.82, 2.24) is 15.5 Å². The number of benzene rings is 1. The second kappa shape index (κ2) is 10.8. The van der Waals surface area contributed by atoms with E-state index in [1.807, 2.05) is 7.05 Å². The number of anilines is 1. The van der Waals surface area contributed by atoms with Crippen molar-refractivity contribution in [2.24, 2.45) is 4.99 Å². The van der Waals surface area contributed by atoms with E-state index >= 15 is 0 Å². The van der Waals surface area contributed by atoms with Crippen molar-refractivity contribution in [2.45, 2.75) is 38.8 Å². The van der Waals surface area contributed by atoms with Gasteiger partial charge < -0.3 is 20.4 Å². The molecule has 0 bridgehead atoms. The third-order valence-electron chi connectivity index (χ3n) is 5.46. The predicted molar refractivity (Wildman–Crippen MR) is 119 cm³/mol. The topological polar surface area (TPSA) is 42.9 Å². The Labute approximate surface area is 169 Å². The summed E-state index contributed by atoms with van der Waals surface area (Å²) in [4.78, 5) is 9.47. The number of likely N-dealkylation sites (tertiary alicyclic amines) is 1. The molecule has 3 rings (SSSR count). The molecule has 0 aliphatic carbocycles. The number of thioether (sulfide) groups is 1. The fourth-order valence-electron chi connectivity index (χ4n) is 3.84. The van der Waals surface area contributed by atoms with Crippen LogP contribution in [0.15, 0.2) is 29.3 Å². The van der Waals surface area contributed by atoms with Crippen molar-refractivity contribution in [3.63, 3.8) is 0 Å². The maximum Gasteiger partial charge on any atom is 0.191 e. The Balaban J connectivity index is 1.42. The number of guanidine groups is 1. The number of nitrogens with one attached hydrogen (secondary N) is 2. The van der Waals surface area contributed by atoms with Crippen LogP contribution in [0.2, 0.25) is 0 Å². The normalized spacial score (nSPS) is 19.9. The van der Waals surface area contributed by atoms with Crippen LogP contribution >= 0.6 is 11.8 Å². The highest BCUT2D eigenvalue weighted by Gasteiger charge is 2.19. The monoisotopic (exact) mass is 389 g/mol. The molecular weight excluding hydrogens is 354 g/mol. The third kappa shape index (κ3) is 6.32. The van der Waals surface area contributed by atoms with E-state index in [-0.39, 0.29) is 0 Å². The van der Waals surface area contributed by atoms with Crippen LogP contribution in [0.3, 0.4) is 0 Å². The highest BCUT2D eigenvalue weighted by atomic mass is 32.2. The minimum absolute atomic E-state index is 0.531. The molecule has 2 saturated heterocycles. The van der Waals surface area contributed by atoms with Crippen molar-refractivity contribution >= 4 is 23.4 Å². The van der Waals surface area contributed by atoms with E-state index < -0.39 is 0 Å². The maximum absolute atomic E-state index is 4.41. The van der Waals surface area contributed by atoms with Crippen LogP contribution < -0.4 is 15.5 Å². The van der Waals surface area contributed by atoms with Gasteiger partial charge in [-0.15, -0.1) is 0 Å². The van der Waals surface area contributed by atoms with Crippen LogP contribution in [0.1, 0.15) is 31.7 Å². The predicted octanol–water partition coefficient (Wildman–Crippen LogP) is 2.78. The Hall–Kier alpha value is -1.40. The molecule has 0 saturated carbocycles. The van der Waals surface area contributed by atoms with E-state index in [0.717, 1.165) is 25.6 Å². The van der Waals surface area contributed by atoms with E-state index in [0.29, 0.717) is 6.04 Å². The fraction of sp³-hybridized carbons (Fsp3) is 0.667. The zero-order valence-corrected chi connectivity index (χ0v) is 17.7. The molecule has 0 unspecified atom stereocenters. The summed E-state index contributed by atoms with van der Waals surface area (Å²) >= 11 is 2.05. The number of rotatable bonds is 6. The van der Waals surface area contributed by atoms with Crippen LogP contribution in [0, 0.1) is 0 Å². The zero-order chi connectivity index (χ0) is 18.9. The zero-order valence-electron chi connectivity index (χ0n) is 16.9. The fourth-order valence-corrected chi connectivity index (χ4v) is 4.74. The largest absolute Gasteiger partial charge is 0.370 e. The summed E-state index contributed by atoms with van der Waals surface area (Å²) < 4.78 is 0. The Morgan fingerprint density at radius 1 is 1.11 bits per heavy atom. The van der Waals surface area contributed by atoms with Crippen molar-refractivity contribution in [1.29, 1.82) is 0 Å². The van der Waals surface area contributed by atoms with Gasteiger partial charge in [0.2, 0.25) is 0 Å². The van der Waals surface area contributed by atoms with Crippen LogP contribution in [0.5, 0.6) is 0 Å². The van der Waals surface area contributed by atoms with E-state index in [1.165, 1.54) is 61.7 Å². The molecule has 0 atom stereocenters. The average molecular weight is 390 g/mol. The number of nitrogens with zero attached hydrogens (tertiary/aromatic N) is 3. The summed E-state index contributed by atoms with van der Waals surface area (Å²) in [6.45, 7) is 9.01. The molecule has 2 fully saturated rings. The van der Waals surface area contributed by atoms with Gasteiger partial charge in [0.1, 0.15) is 0 Å². The van der Waals surface area contributed by atoms with Crippen LogP contribution in [0.4, 0.5) is 5.69 Å². The first-order valence-corrected chi connectivity index (χ1v) is 11.5. The van der Waals surface area contributed by atoms with Crippen molar-refractivity contribution in [3.8, 4) is 0 Å². The lowest BCUT2D eigenvalue weighted by Crippen LogP contribution is -2.48. The van der Waals surface area contributed by atoms with Crippen molar-refractivity contribution in [3.05, 3.63) is 29.8 Å². The lowest BCUT2D eigenvalue weighted by Gasteiger charge is -2.32. The van der Waals surface area contributed by atoms with Crippen LogP contribution in [-0.2, 0) is 6.54 Å². The standard InChI is InChI=1S/C21H35N5S/c1-3-10-25-11-8-19(9-12-25)24-21(22-2)23-17-18-4-6-20(7-5-18)26-13-15-27-16-14-26/h4-7,19H,3,8-17H2,1-2H3,(H2,22,23,24). The lowest BCUT2D eigenvalue weighted by atomic mass is 10.1. The van der Waals surface area contributed by atoms with Crippen molar-refractivity contribution < 1.29 is 0 Å². The van der Waals surface area contributed by atoms with Crippen LogP contribution in [0.25, 0.3) is 0 Å². The molecule has 1 aromatic rings. The quantitative estimate of drug-likeness (QED) is 0.578. The van der Waals surface area contributed by atoms with Gasteiger partial charge in [-0.25, -0.2) is 0 Å². The highest BCUT2D eigenvalue weighted by Crippen LogP contribution is 2.19. The maximum atomic E-state index is 4.41. The molecule has 2 aliphatic rings. The minimum Gasteiger partial charge on any atom is -0.370 e. The summed E-state index contributed by atoms with van der Waals surface area (Å²) in [5.41, 5.74) is 2.64. The van der Waals surface area contributed by atoms with E-state index in [1.54, 1.807) is 0 Å². The van der Waals surface area contributed by atoms with Gasteiger partial charge in [-0.3, -0.25) is 4.99 Å². The van der Waals surface area contributed by atoms with Gasteiger partial charge in [0.25, 0.3) is 0 Å². The Morgan fingerprint density at radius 2 is 1.81 bits per heavy atom. The third-order valence-corrected chi connectivity index (χ3v) is 6.41. The second-order valence-electron chi connectivity index (χ2n) is 7.45. The summed E-state index contributed by atoms with van der Waals surface area (Å²) in [6.07, 6.45) is 3.64. The molecule has 2 aliphatic heterocycles. The molecule has 0 amide bonds. The van der Waals surface area contributed by atoms with E-state index in [4.69, 9.17) is 0 Å². The SMILES string of the molecule is CCCN1CCC(NC(=NC)NCc2ccc(N3CCSCC3)cc2)CC1. The van der Waals surface area contributed by atoms with Crippen molar-refractivity contribution in [2.75, 3.05) is 56.2 Å². The number of hydrogen-bond acceptors (Lipinski definition) is 4. The molecule has 0 radical (unpaired) electrons. The molecule has 6 heteroatoms. The number of aliphatic imine (C=N–C) groups is 1. The van der Waals surface area contributed by atoms with Gasteiger partial charge in [0, 0.05) is 63.0 Å². The first-order valence-electron chi connectivity index (χ1n) is 10.4. The van der Waals surface area contributed by atoms with Gasteiger partial charge >= 0.3 is 0 Å². The number of hydrogen-bond donors (Lipinski definition) is 2. The van der Waals surface area contributed by atoms with Crippen LogP contribution in [-0.4, -0.2) is 68.2 Å². The summed E-state index contributed by atoms with van der Waals surface area (Å²) in [5, 5.41) is 7.08. The molecule has 2 heterocycles. The lowest BCUT2D eigenvalue weighted by molar-refractivity contribution is 0.206. The smallest absolute Gasteiger partial charge is 0.191 e. The minimum atomic E-state index is 0.531. The summed E-state index contributed by atoms with van der Waals surface area (Å²) in [7, 11) is 1.86. The first kappa shape index (κ1) is 20.3. The van der Waals surface area contributed by atoms with Gasteiger partial charge in [-0.1, -0.05) is 19.1 Å². The Bertz CT molecular complexity index is 575. The van der Waals surface area contributed by atoms with Gasteiger partial charge in [-0.05, 0) is 43.5 Å². The summed E-state index contributed by atoms with van der Waals surface area (Å²) in [5.74, 6) is 3.40. The summed E-state index contributed by atoms with van der Waals surface area (Å²) in [6, 6.07) is 9.52. The number of piperidine rings is 1. The first-order chi connectivity index (χ1) is 13.3. The van der Waals surface area contributed by atoms with E-state index in [2.05, 4.69) is 68.4 Å². The molecular formula is C21H35N5S. The molecule has 2 N–H and O–H groups in total. The molecule has 150 valence electrons. The Morgan fingerprint density at radius 3 is 2.44 bits per heavy atom. The highest BCUT2D eigenvalue weighted by molar-refractivity contribution is 7.99. The average Bonchev–Trinajstić information content (AvgIpc) is 2.73. The van der Waals surface area contributed by atoms with Gasteiger partial charge in [-0.2, -0.15) is 11.8 Å². The Kier molecular flexibility index (Phi) is 8.14. The second-order valence-corrected chi connectivity index (χ2v) is 8.68. The molecule has 0 spiro atoms. The van der Waals surface area contributed by atoms with Gasteiger partial charge in [0.15, 0.2) is 5.96 Å². The van der Waals surface area contributed by atoms with E-state index in [9.17, 15) is 0 Å².